The summed E-state index contributed by atoms with van der Waals surface area (Å²) in [5.41, 5.74) is 0.334. The third-order valence-electron chi connectivity index (χ3n) is 3.11. The Morgan fingerprint density at radius 3 is 2.62 bits per heavy atom. The molecule has 1 aliphatic carbocycles. The van der Waals surface area contributed by atoms with Gasteiger partial charge in [0, 0.05) is 12.5 Å². The maximum atomic E-state index is 5.83. The number of furan rings is 1. The second-order valence-electron chi connectivity index (χ2n) is 6.29. The first-order valence-electron chi connectivity index (χ1n) is 6.25. The Morgan fingerprint density at radius 1 is 1.38 bits per heavy atom. The van der Waals surface area contributed by atoms with Crippen LogP contribution < -0.4 is 5.32 Å². The van der Waals surface area contributed by atoms with Crippen molar-refractivity contribution in [3.8, 4) is 0 Å². The minimum absolute atomic E-state index is 0.334. The van der Waals surface area contributed by atoms with Crippen molar-refractivity contribution >= 4 is 0 Å². The van der Waals surface area contributed by atoms with Gasteiger partial charge in [-0.3, -0.25) is 0 Å². The molecule has 1 fully saturated rings. The number of hydrogen-bond donors (Lipinski definition) is 1. The Morgan fingerprint density at radius 2 is 2.06 bits per heavy atom. The van der Waals surface area contributed by atoms with Gasteiger partial charge in [0.25, 0.3) is 0 Å². The molecule has 0 spiro atoms. The minimum Gasteiger partial charge on any atom is -0.464 e. The molecule has 1 aliphatic rings. The van der Waals surface area contributed by atoms with Gasteiger partial charge in [0.05, 0.1) is 6.54 Å². The van der Waals surface area contributed by atoms with Crippen LogP contribution in [0.2, 0.25) is 0 Å². The predicted octanol–water partition coefficient (Wildman–Crippen LogP) is 3.54. The van der Waals surface area contributed by atoms with Gasteiger partial charge in [0.1, 0.15) is 11.5 Å². The molecule has 2 nitrogen and oxygen atoms in total. The van der Waals surface area contributed by atoms with Crippen molar-refractivity contribution in [1.29, 1.82) is 0 Å². The van der Waals surface area contributed by atoms with Crippen LogP contribution >= 0.6 is 0 Å². The molecule has 0 radical (unpaired) electrons. The van der Waals surface area contributed by atoms with E-state index in [0.29, 0.717) is 11.3 Å². The maximum absolute atomic E-state index is 5.83. The van der Waals surface area contributed by atoms with E-state index in [9.17, 15) is 0 Å². The van der Waals surface area contributed by atoms with E-state index in [0.717, 1.165) is 24.8 Å². The number of hydrogen-bond acceptors (Lipinski definition) is 2. The zero-order valence-electron chi connectivity index (χ0n) is 10.8. The van der Waals surface area contributed by atoms with E-state index in [4.69, 9.17) is 4.42 Å². The highest BCUT2D eigenvalue weighted by atomic mass is 16.3. The highest BCUT2D eigenvalue weighted by Gasteiger charge is 2.36. The number of nitrogens with one attached hydrogen (secondary N) is 1. The van der Waals surface area contributed by atoms with Crippen LogP contribution in [0.5, 0.6) is 0 Å². The van der Waals surface area contributed by atoms with Crippen molar-refractivity contribution in [1.82, 2.24) is 5.32 Å². The zero-order chi connectivity index (χ0) is 11.8. The average molecular weight is 221 g/mol. The smallest absolute Gasteiger partial charge is 0.117 e. The summed E-state index contributed by atoms with van der Waals surface area (Å²) in [7, 11) is 0. The SMILES string of the molecule is CC1CC1c1ccc(CNCC(C)(C)C)o1. The van der Waals surface area contributed by atoms with Crippen LogP contribution in [0.1, 0.15) is 51.6 Å². The molecule has 1 saturated carbocycles. The molecule has 2 atom stereocenters. The lowest BCUT2D eigenvalue weighted by atomic mass is 9.97. The third kappa shape index (κ3) is 3.11. The first-order chi connectivity index (χ1) is 7.46. The summed E-state index contributed by atoms with van der Waals surface area (Å²) < 4.78 is 5.83. The summed E-state index contributed by atoms with van der Waals surface area (Å²) in [6, 6.07) is 4.25. The molecule has 1 aromatic heterocycles. The normalized spacial score (nSPS) is 24.8. The second kappa shape index (κ2) is 4.25. The van der Waals surface area contributed by atoms with Crippen molar-refractivity contribution in [2.24, 2.45) is 11.3 Å². The molecule has 0 saturated heterocycles. The highest BCUT2D eigenvalue weighted by molar-refractivity contribution is 5.17. The Kier molecular flexibility index (Phi) is 3.11. The van der Waals surface area contributed by atoms with Crippen LogP contribution in [0.3, 0.4) is 0 Å². The summed E-state index contributed by atoms with van der Waals surface area (Å²) in [6.07, 6.45) is 1.29. The zero-order valence-corrected chi connectivity index (χ0v) is 10.8. The molecule has 0 amide bonds. The van der Waals surface area contributed by atoms with Crippen molar-refractivity contribution in [2.45, 2.75) is 46.6 Å². The Bertz CT molecular complexity index is 348. The fourth-order valence-corrected chi connectivity index (χ4v) is 1.97. The largest absolute Gasteiger partial charge is 0.464 e. The molecule has 1 N–H and O–H groups in total. The van der Waals surface area contributed by atoms with Gasteiger partial charge in [0.2, 0.25) is 0 Å². The Labute approximate surface area is 98.4 Å². The Balaban J connectivity index is 1.79. The lowest BCUT2D eigenvalue weighted by molar-refractivity contribution is 0.362. The first kappa shape index (κ1) is 11.7. The van der Waals surface area contributed by atoms with Crippen LogP contribution in [0, 0.1) is 11.3 Å². The lowest BCUT2D eigenvalue weighted by Crippen LogP contribution is -2.26. The van der Waals surface area contributed by atoms with Crippen LogP contribution in [0.15, 0.2) is 16.5 Å². The van der Waals surface area contributed by atoms with Crippen LogP contribution in [-0.2, 0) is 6.54 Å². The van der Waals surface area contributed by atoms with Gasteiger partial charge in [-0.1, -0.05) is 27.7 Å². The monoisotopic (exact) mass is 221 g/mol. The summed E-state index contributed by atoms with van der Waals surface area (Å²) in [6.45, 7) is 10.9. The maximum Gasteiger partial charge on any atom is 0.117 e. The van der Waals surface area contributed by atoms with E-state index >= 15 is 0 Å². The molecule has 2 unspecified atom stereocenters. The fraction of sp³-hybridized carbons (Fsp3) is 0.714. The van der Waals surface area contributed by atoms with E-state index in [-0.39, 0.29) is 0 Å². The van der Waals surface area contributed by atoms with Crippen molar-refractivity contribution in [3.63, 3.8) is 0 Å². The molecule has 0 aromatic carbocycles. The molecule has 2 heteroatoms. The summed E-state index contributed by atoms with van der Waals surface area (Å²) in [4.78, 5) is 0. The van der Waals surface area contributed by atoms with Crippen LogP contribution in [0.25, 0.3) is 0 Å². The van der Waals surface area contributed by atoms with Crippen LogP contribution in [0.4, 0.5) is 0 Å². The minimum atomic E-state index is 0.334. The van der Waals surface area contributed by atoms with E-state index in [1.54, 1.807) is 0 Å². The van der Waals surface area contributed by atoms with E-state index in [1.165, 1.54) is 12.2 Å². The standard InChI is InChI=1S/C14H23NO/c1-10-7-12(10)13-6-5-11(16-13)8-15-9-14(2,3)4/h5-6,10,12,15H,7-9H2,1-4H3. The molecular formula is C14H23NO. The highest BCUT2D eigenvalue weighted by Crippen LogP contribution is 2.47. The third-order valence-corrected chi connectivity index (χ3v) is 3.11. The van der Waals surface area contributed by atoms with E-state index in [2.05, 4.69) is 45.1 Å². The van der Waals surface area contributed by atoms with Crippen molar-refractivity contribution < 1.29 is 4.42 Å². The predicted molar refractivity (Wildman–Crippen MR) is 66.4 cm³/mol. The topological polar surface area (TPSA) is 25.2 Å². The summed E-state index contributed by atoms with van der Waals surface area (Å²) in [5, 5.41) is 3.43. The summed E-state index contributed by atoms with van der Waals surface area (Å²) >= 11 is 0. The molecule has 0 aliphatic heterocycles. The van der Waals surface area contributed by atoms with Crippen molar-refractivity contribution in [3.05, 3.63) is 23.7 Å². The molecule has 1 aromatic rings. The Hall–Kier alpha value is -0.760. The van der Waals surface area contributed by atoms with E-state index < -0.39 is 0 Å². The molecular weight excluding hydrogens is 198 g/mol. The van der Waals surface area contributed by atoms with Gasteiger partial charge in [0.15, 0.2) is 0 Å². The van der Waals surface area contributed by atoms with Gasteiger partial charge >= 0.3 is 0 Å². The molecule has 90 valence electrons. The fourth-order valence-electron chi connectivity index (χ4n) is 1.97. The molecule has 2 rings (SSSR count). The second-order valence-corrected chi connectivity index (χ2v) is 6.29. The quantitative estimate of drug-likeness (QED) is 0.841. The lowest BCUT2D eigenvalue weighted by Gasteiger charge is -2.18. The molecule has 0 bridgehead atoms. The van der Waals surface area contributed by atoms with Crippen LogP contribution in [-0.4, -0.2) is 6.54 Å². The van der Waals surface area contributed by atoms with Gasteiger partial charge in [-0.25, -0.2) is 0 Å². The van der Waals surface area contributed by atoms with Gasteiger partial charge in [-0.05, 0) is 29.9 Å². The van der Waals surface area contributed by atoms with Gasteiger partial charge in [-0.15, -0.1) is 0 Å². The van der Waals surface area contributed by atoms with E-state index in [1.807, 2.05) is 0 Å². The number of rotatable bonds is 4. The first-order valence-corrected chi connectivity index (χ1v) is 6.25. The average Bonchev–Trinajstić information content (AvgIpc) is 2.72. The van der Waals surface area contributed by atoms with Gasteiger partial charge in [-0.2, -0.15) is 0 Å². The van der Waals surface area contributed by atoms with Gasteiger partial charge < -0.3 is 9.73 Å². The molecule has 1 heterocycles. The summed E-state index contributed by atoms with van der Waals surface area (Å²) in [5.74, 6) is 3.76. The van der Waals surface area contributed by atoms with Crippen molar-refractivity contribution in [2.75, 3.05) is 6.54 Å². The molecule has 16 heavy (non-hydrogen) atoms.